The predicted octanol–water partition coefficient (Wildman–Crippen LogP) is 3.63. The molecule has 0 saturated carbocycles. The van der Waals surface area contributed by atoms with Crippen molar-refractivity contribution in [2.24, 2.45) is 0 Å². The first-order valence-electron chi connectivity index (χ1n) is 5.10. The lowest BCUT2D eigenvalue weighted by Gasteiger charge is -2.09. The molecular weight excluding hydrogens is 305 g/mol. The van der Waals surface area contributed by atoms with Gasteiger partial charge < -0.3 is 5.11 Å². The average molecular weight is 316 g/mol. The Bertz CT molecular complexity index is 529. The highest BCUT2D eigenvalue weighted by molar-refractivity contribution is 9.10. The molecule has 90 valence electrons. The Morgan fingerprint density at radius 3 is 2.88 bits per heavy atom. The van der Waals surface area contributed by atoms with E-state index in [1.165, 1.54) is 23.5 Å². The largest absolute Gasteiger partial charge is 0.387 e. The van der Waals surface area contributed by atoms with Gasteiger partial charge in [-0.25, -0.2) is 9.37 Å². The molecule has 0 radical (unpaired) electrons. The van der Waals surface area contributed by atoms with Gasteiger partial charge in [-0.05, 0) is 24.6 Å². The van der Waals surface area contributed by atoms with E-state index in [4.69, 9.17) is 0 Å². The first-order chi connectivity index (χ1) is 8.06. The number of aromatic nitrogens is 1. The Hall–Kier alpha value is -0.780. The molecule has 2 nitrogen and oxygen atoms in total. The Kier molecular flexibility index (Phi) is 3.91. The van der Waals surface area contributed by atoms with Crippen LogP contribution in [0.1, 0.15) is 21.6 Å². The second kappa shape index (κ2) is 5.25. The topological polar surface area (TPSA) is 33.1 Å². The van der Waals surface area contributed by atoms with Crippen molar-refractivity contribution in [1.82, 2.24) is 4.98 Å². The van der Waals surface area contributed by atoms with Crippen molar-refractivity contribution in [3.63, 3.8) is 0 Å². The SMILES string of the molecule is Cc1ncc(C(O)Cc2ccc(F)cc2Br)s1. The number of halogens is 2. The molecule has 17 heavy (non-hydrogen) atoms. The molecule has 2 rings (SSSR count). The highest BCUT2D eigenvalue weighted by atomic mass is 79.9. The lowest BCUT2D eigenvalue weighted by molar-refractivity contribution is 0.182. The summed E-state index contributed by atoms with van der Waals surface area (Å²) in [5.74, 6) is -0.288. The van der Waals surface area contributed by atoms with Gasteiger partial charge >= 0.3 is 0 Å². The van der Waals surface area contributed by atoms with Gasteiger partial charge in [-0.3, -0.25) is 0 Å². The summed E-state index contributed by atoms with van der Waals surface area (Å²) in [4.78, 5) is 4.93. The normalized spacial score (nSPS) is 12.7. The van der Waals surface area contributed by atoms with Crippen LogP contribution in [-0.2, 0) is 6.42 Å². The van der Waals surface area contributed by atoms with Gasteiger partial charge in [0.15, 0.2) is 0 Å². The number of nitrogens with zero attached hydrogens (tertiary/aromatic N) is 1. The van der Waals surface area contributed by atoms with Crippen molar-refractivity contribution in [2.75, 3.05) is 0 Å². The average Bonchev–Trinajstić information content (AvgIpc) is 2.69. The molecule has 1 N–H and O–H groups in total. The molecule has 0 aliphatic heterocycles. The summed E-state index contributed by atoms with van der Waals surface area (Å²) < 4.78 is 13.6. The molecule has 0 amide bonds. The summed E-state index contributed by atoms with van der Waals surface area (Å²) in [6.45, 7) is 1.90. The first kappa shape index (κ1) is 12.7. The van der Waals surface area contributed by atoms with E-state index in [0.29, 0.717) is 10.9 Å². The van der Waals surface area contributed by atoms with Crippen LogP contribution in [0.2, 0.25) is 0 Å². The van der Waals surface area contributed by atoms with Gasteiger partial charge in [0.2, 0.25) is 0 Å². The Balaban J connectivity index is 2.15. The van der Waals surface area contributed by atoms with E-state index in [0.717, 1.165) is 15.4 Å². The monoisotopic (exact) mass is 315 g/mol. The smallest absolute Gasteiger partial charge is 0.124 e. The highest BCUT2D eigenvalue weighted by Gasteiger charge is 2.13. The summed E-state index contributed by atoms with van der Waals surface area (Å²) >= 11 is 4.76. The van der Waals surface area contributed by atoms with Gasteiger partial charge in [0.05, 0.1) is 16.0 Å². The van der Waals surface area contributed by atoms with Crippen LogP contribution >= 0.6 is 27.3 Å². The maximum atomic E-state index is 12.9. The van der Waals surface area contributed by atoms with Crippen molar-refractivity contribution in [3.05, 3.63) is 50.1 Å². The van der Waals surface area contributed by atoms with Crippen LogP contribution in [-0.4, -0.2) is 10.1 Å². The molecule has 2 aromatic rings. The molecule has 0 aliphatic carbocycles. The van der Waals surface area contributed by atoms with Gasteiger partial charge in [-0.2, -0.15) is 0 Å². The number of benzene rings is 1. The molecule has 0 spiro atoms. The van der Waals surface area contributed by atoms with Crippen LogP contribution < -0.4 is 0 Å². The van der Waals surface area contributed by atoms with Crippen molar-refractivity contribution in [2.45, 2.75) is 19.4 Å². The first-order valence-corrected chi connectivity index (χ1v) is 6.71. The van der Waals surface area contributed by atoms with Crippen molar-refractivity contribution in [1.29, 1.82) is 0 Å². The third kappa shape index (κ3) is 3.12. The number of aliphatic hydroxyl groups excluding tert-OH is 1. The van der Waals surface area contributed by atoms with E-state index in [2.05, 4.69) is 20.9 Å². The van der Waals surface area contributed by atoms with Crippen molar-refractivity contribution < 1.29 is 9.50 Å². The molecule has 1 aromatic carbocycles. The molecule has 0 fully saturated rings. The molecule has 0 aliphatic rings. The van der Waals surface area contributed by atoms with Crippen LogP contribution in [0.5, 0.6) is 0 Å². The number of aryl methyl sites for hydroxylation is 1. The fourth-order valence-corrected chi connectivity index (χ4v) is 2.81. The maximum absolute atomic E-state index is 12.9. The minimum Gasteiger partial charge on any atom is -0.387 e. The Labute approximate surface area is 111 Å². The van der Waals surface area contributed by atoms with Gasteiger partial charge in [0.25, 0.3) is 0 Å². The second-order valence-electron chi connectivity index (χ2n) is 3.74. The van der Waals surface area contributed by atoms with E-state index in [1.54, 1.807) is 12.3 Å². The van der Waals surface area contributed by atoms with E-state index in [9.17, 15) is 9.50 Å². The quantitative estimate of drug-likeness (QED) is 0.938. The summed E-state index contributed by atoms with van der Waals surface area (Å²) in [7, 11) is 0. The zero-order valence-electron chi connectivity index (χ0n) is 9.15. The zero-order valence-corrected chi connectivity index (χ0v) is 11.6. The Morgan fingerprint density at radius 1 is 1.53 bits per heavy atom. The van der Waals surface area contributed by atoms with E-state index in [1.807, 2.05) is 6.92 Å². The zero-order chi connectivity index (χ0) is 12.4. The summed E-state index contributed by atoms with van der Waals surface area (Å²) in [6, 6.07) is 4.47. The van der Waals surface area contributed by atoms with E-state index in [-0.39, 0.29) is 5.82 Å². The minimum absolute atomic E-state index is 0.288. The van der Waals surface area contributed by atoms with Crippen molar-refractivity contribution >= 4 is 27.3 Å². The summed E-state index contributed by atoms with van der Waals surface area (Å²) in [5.41, 5.74) is 0.880. The third-order valence-electron chi connectivity index (χ3n) is 2.40. The van der Waals surface area contributed by atoms with Crippen LogP contribution in [0.3, 0.4) is 0 Å². The molecule has 5 heteroatoms. The molecule has 1 heterocycles. The molecule has 0 bridgehead atoms. The summed E-state index contributed by atoms with van der Waals surface area (Å²) in [6.07, 6.45) is 1.54. The fourth-order valence-electron chi connectivity index (χ4n) is 1.53. The molecule has 0 saturated heterocycles. The minimum atomic E-state index is -0.594. The van der Waals surface area contributed by atoms with Crippen LogP contribution in [0.25, 0.3) is 0 Å². The number of hydrogen-bond acceptors (Lipinski definition) is 3. The fraction of sp³-hybridized carbons (Fsp3) is 0.250. The van der Waals surface area contributed by atoms with Crippen LogP contribution in [0, 0.1) is 12.7 Å². The predicted molar refractivity (Wildman–Crippen MR) is 69.6 cm³/mol. The number of rotatable bonds is 3. The van der Waals surface area contributed by atoms with Crippen LogP contribution in [0.4, 0.5) is 4.39 Å². The molecule has 1 unspecified atom stereocenters. The van der Waals surface area contributed by atoms with E-state index < -0.39 is 6.10 Å². The summed E-state index contributed by atoms with van der Waals surface area (Å²) in [5, 5.41) is 11.0. The lowest BCUT2D eigenvalue weighted by atomic mass is 10.1. The van der Waals surface area contributed by atoms with Crippen molar-refractivity contribution in [3.8, 4) is 0 Å². The standard InChI is InChI=1S/C12H11BrFNOS/c1-7-15-6-12(17-7)11(16)4-8-2-3-9(14)5-10(8)13/h2-3,5-6,11,16H,4H2,1H3. The van der Waals surface area contributed by atoms with Crippen LogP contribution in [0.15, 0.2) is 28.9 Å². The van der Waals surface area contributed by atoms with Gasteiger partial charge in [0, 0.05) is 17.1 Å². The van der Waals surface area contributed by atoms with E-state index >= 15 is 0 Å². The van der Waals surface area contributed by atoms with Gasteiger partial charge in [-0.15, -0.1) is 11.3 Å². The van der Waals surface area contributed by atoms with Gasteiger partial charge in [0.1, 0.15) is 5.82 Å². The molecule has 1 atom stereocenters. The molecular formula is C12H11BrFNOS. The van der Waals surface area contributed by atoms with Gasteiger partial charge in [-0.1, -0.05) is 22.0 Å². The Morgan fingerprint density at radius 2 is 2.29 bits per heavy atom. The molecule has 1 aromatic heterocycles. The highest BCUT2D eigenvalue weighted by Crippen LogP contribution is 2.27. The number of hydrogen-bond donors (Lipinski definition) is 1. The number of aliphatic hydroxyl groups is 1. The third-order valence-corrected chi connectivity index (χ3v) is 4.15. The number of thiazole rings is 1. The maximum Gasteiger partial charge on any atom is 0.124 e. The lowest BCUT2D eigenvalue weighted by Crippen LogP contribution is -2.00. The second-order valence-corrected chi connectivity index (χ2v) is 5.86.